The standard InChI is InChI=1S/C19H24N4OS.ClH/c1-11(2)19-23-12(3)17(25-19)10-22-18(24)15(20)8-13-9-21-16-7-5-4-6-14(13)16;/h4-7,9,11,15,21H,8,10,20H2,1-3H3,(H,22,24);1H/t15-;/m1./s1. The van der Waals surface area contributed by atoms with Gasteiger partial charge in [0.2, 0.25) is 5.91 Å². The molecular weight excluding hydrogens is 368 g/mol. The molecule has 2 aromatic heterocycles. The number of hydrogen-bond donors (Lipinski definition) is 3. The zero-order valence-electron chi connectivity index (χ0n) is 15.2. The van der Waals surface area contributed by atoms with E-state index < -0.39 is 6.04 Å². The number of aromatic amines is 1. The van der Waals surface area contributed by atoms with Gasteiger partial charge in [-0.25, -0.2) is 4.98 Å². The summed E-state index contributed by atoms with van der Waals surface area (Å²) in [6, 6.07) is 7.46. The fourth-order valence-electron chi connectivity index (χ4n) is 2.79. The molecule has 0 radical (unpaired) electrons. The van der Waals surface area contributed by atoms with Crippen LogP contribution in [0.3, 0.4) is 0 Å². The predicted molar refractivity (Wildman–Crippen MR) is 110 cm³/mol. The average Bonchev–Trinajstić information content (AvgIpc) is 3.17. The van der Waals surface area contributed by atoms with Gasteiger partial charge in [0.15, 0.2) is 0 Å². The van der Waals surface area contributed by atoms with Crippen LogP contribution in [0.15, 0.2) is 30.5 Å². The number of nitrogens with one attached hydrogen (secondary N) is 2. The molecular formula is C19H25ClN4OS. The number of H-pyrrole nitrogens is 1. The third kappa shape index (κ3) is 4.44. The van der Waals surface area contributed by atoms with Crippen molar-refractivity contribution in [1.82, 2.24) is 15.3 Å². The van der Waals surface area contributed by atoms with Crippen LogP contribution >= 0.6 is 23.7 Å². The van der Waals surface area contributed by atoms with Gasteiger partial charge in [-0.3, -0.25) is 4.79 Å². The Balaban J connectivity index is 0.00000243. The van der Waals surface area contributed by atoms with Gasteiger partial charge in [0.1, 0.15) is 0 Å². The summed E-state index contributed by atoms with van der Waals surface area (Å²) < 4.78 is 0. The minimum absolute atomic E-state index is 0. The van der Waals surface area contributed by atoms with E-state index in [-0.39, 0.29) is 18.3 Å². The molecule has 0 saturated heterocycles. The highest BCUT2D eigenvalue weighted by Gasteiger charge is 2.17. The molecule has 7 heteroatoms. The first-order valence-corrected chi connectivity index (χ1v) is 9.32. The Labute approximate surface area is 163 Å². The number of benzene rings is 1. The smallest absolute Gasteiger partial charge is 0.237 e. The Morgan fingerprint density at radius 3 is 2.77 bits per heavy atom. The summed E-state index contributed by atoms with van der Waals surface area (Å²) in [4.78, 5) is 21.2. The number of aryl methyl sites for hydroxylation is 1. The first-order chi connectivity index (χ1) is 12.0. The number of amides is 1. The van der Waals surface area contributed by atoms with E-state index in [0.29, 0.717) is 18.9 Å². The quantitative estimate of drug-likeness (QED) is 0.598. The second-order valence-corrected chi connectivity index (χ2v) is 7.72. The summed E-state index contributed by atoms with van der Waals surface area (Å²) in [6.45, 7) is 6.71. The molecule has 3 aromatic rings. The maximum Gasteiger partial charge on any atom is 0.237 e. The molecule has 0 aliphatic rings. The van der Waals surface area contributed by atoms with Crippen molar-refractivity contribution in [3.8, 4) is 0 Å². The van der Waals surface area contributed by atoms with Gasteiger partial charge in [-0.1, -0.05) is 32.0 Å². The van der Waals surface area contributed by atoms with E-state index in [1.165, 1.54) is 0 Å². The summed E-state index contributed by atoms with van der Waals surface area (Å²) in [6.07, 6.45) is 2.44. The lowest BCUT2D eigenvalue weighted by Gasteiger charge is -2.11. The predicted octanol–water partition coefficient (Wildman–Crippen LogP) is 3.66. The molecule has 0 fully saturated rings. The van der Waals surface area contributed by atoms with E-state index in [2.05, 4.69) is 29.1 Å². The summed E-state index contributed by atoms with van der Waals surface area (Å²) in [7, 11) is 0. The number of nitrogens with zero attached hydrogens (tertiary/aromatic N) is 1. The van der Waals surface area contributed by atoms with Crippen LogP contribution < -0.4 is 11.1 Å². The normalized spacial score (nSPS) is 12.2. The van der Waals surface area contributed by atoms with Gasteiger partial charge in [0, 0.05) is 27.9 Å². The van der Waals surface area contributed by atoms with E-state index >= 15 is 0 Å². The van der Waals surface area contributed by atoms with Gasteiger partial charge in [-0.15, -0.1) is 23.7 Å². The van der Waals surface area contributed by atoms with E-state index in [1.54, 1.807) is 11.3 Å². The number of carbonyl (C=O) groups is 1. The number of hydrogen-bond acceptors (Lipinski definition) is 4. The third-order valence-electron chi connectivity index (χ3n) is 4.28. The van der Waals surface area contributed by atoms with Gasteiger partial charge in [0.05, 0.1) is 23.3 Å². The zero-order chi connectivity index (χ0) is 18.0. The second kappa shape index (κ2) is 8.66. The molecule has 4 N–H and O–H groups in total. The van der Waals surface area contributed by atoms with Crippen LogP contribution in [0.1, 0.15) is 40.9 Å². The highest BCUT2D eigenvalue weighted by molar-refractivity contribution is 7.11. The minimum Gasteiger partial charge on any atom is -0.361 e. The lowest BCUT2D eigenvalue weighted by molar-refractivity contribution is -0.122. The van der Waals surface area contributed by atoms with E-state index in [9.17, 15) is 4.79 Å². The van der Waals surface area contributed by atoms with Crippen LogP contribution in [0.4, 0.5) is 0 Å². The van der Waals surface area contributed by atoms with E-state index in [0.717, 1.165) is 32.0 Å². The highest BCUT2D eigenvalue weighted by atomic mass is 35.5. The summed E-state index contributed by atoms with van der Waals surface area (Å²) >= 11 is 1.66. The molecule has 26 heavy (non-hydrogen) atoms. The Hall–Kier alpha value is -1.89. The summed E-state index contributed by atoms with van der Waals surface area (Å²) in [5.74, 6) is 0.265. The topological polar surface area (TPSA) is 83.8 Å². The first kappa shape index (κ1) is 20.4. The maximum absolute atomic E-state index is 12.4. The zero-order valence-corrected chi connectivity index (χ0v) is 16.8. The molecule has 3 rings (SSSR count). The molecule has 0 bridgehead atoms. The van der Waals surface area contributed by atoms with Crippen molar-refractivity contribution in [2.75, 3.05) is 0 Å². The molecule has 2 heterocycles. The molecule has 0 spiro atoms. The van der Waals surface area contributed by atoms with Crippen LogP contribution in [0, 0.1) is 6.92 Å². The number of thiazole rings is 1. The Kier molecular flexibility index (Phi) is 6.81. The number of carbonyl (C=O) groups excluding carboxylic acids is 1. The van der Waals surface area contributed by atoms with Gasteiger partial charge in [-0.2, -0.15) is 0 Å². The number of aromatic nitrogens is 2. The van der Waals surface area contributed by atoms with Crippen LogP contribution in [-0.4, -0.2) is 21.9 Å². The number of fused-ring (bicyclic) bond motifs is 1. The average molecular weight is 393 g/mol. The van der Waals surface area contributed by atoms with E-state index in [1.807, 2.05) is 37.4 Å². The third-order valence-corrected chi connectivity index (χ3v) is 5.74. The van der Waals surface area contributed by atoms with Crippen molar-refractivity contribution in [3.63, 3.8) is 0 Å². The molecule has 0 saturated carbocycles. The van der Waals surface area contributed by atoms with Gasteiger partial charge in [0.25, 0.3) is 0 Å². The molecule has 1 aromatic carbocycles. The number of halogens is 1. The molecule has 1 atom stereocenters. The van der Waals surface area contributed by atoms with E-state index in [4.69, 9.17) is 5.73 Å². The maximum atomic E-state index is 12.4. The monoisotopic (exact) mass is 392 g/mol. The van der Waals surface area contributed by atoms with Crippen molar-refractivity contribution >= 4 is 40.6 Å². The lowest BCUT2D eigenvalue weighted by Crippen LogP contribution is -2.41. The fourth-order valence-corrected chi connectivity index (χ4v) is 3.80. The minimum atomic E-state index is -0.572. The van der Waals surface area contributed by atoms with Gasteiger partial charge in [-0.05, 0) is 25.0 Å². The Morgan fingerprint density at radius 2 is 2.08 bits per heavy atom. The van der Waals surface area contributed by atoms with Crippen LogP contribution in [-0.2, 0) is 17.8 Å². The Bertz CT molecular complexity index is 887. The van der Waals surface area contributed by atoms with Crippen LogP contribution in [0.5, 0.6) is 0 Å². The SMILES string of the molecule is Cc1nc(C(C)C)sc1CNC(=O)[C@H](N)Cc1c[nH]c2ccccc12.Cl. The van der Waals surface area contributed by atoms with Crippen LogP contribution in [0.2, 0.25) is 0 Å². The molecule has 1 amide bonds. The van der Waals surface area contributed by atoms with Crippen molar-refractivity contribution in [3.05, 3.63) is 51.6 Å². The van der Waals surface area contributed by atoms with Gasteiger partial charge < -0.3 is 16.0 Å². The van der Waals surface area contributed by atoms with Crippen molar-refractivity contribution in [1.29, 1.82) is 0 Å². The number of rotatable bonds is 6. The molecule has 0 aliphatic heterocycles. The number of nitrogens with two attached hydrogens (primary N) is 1. The van der Waals surface area contributed by atoms with Crippen LogP contribution in [0.25, 0.3) is 10.9 Å². The Morgan fingerprint density at radius 1 is 1.35 bits per heavy atom. The molecule has 5 nitrogen and oxygen atoms in total. The second-order valence-electron chi connectivity index (χ2n) is 6.60. The lowest BCUT2D eigenvalue weighted by atomic mass is 10.1. The number of para-hydroxylation sites is 1. The van der Waals surface area contributed by atoms with Crippen molar-refractivity contribution < 1.29 is 4.79 Å². The fraction of sp³-hybridized carbons (Fsp3) is 0.368. The first-order valence-electron chi connectivity index (χ1n) is 8.50. The van der Waals surface area contributed by atoms with Crippen molar-refractivity contribution in [2.45, 2.75) is 45.7 Å². The van der Waals surface area contributed by atoms with Gasteiger partial charge >= 0.3 is 0 Å². The van der Waals surface area contributed by atoms with Crippen molar-refractivity contribution in [2.24, 2.45) is 5.73 Å². The highest BCUT2D eigenvalue weighted by Crippen LogP contribution is 2.24. The molecule has 0 unspecified atom stereocenters. The molecule has 140 valence electrons. The largest absolute Gasteiger partial charge is 0.361 e. The summed E-state index contributed by atoms with van der Waals surface area (Å²) in [5, 5.41) is 5.17. The molecule has 0 aliphatic carbocycles. The summed E-state index contributed by atoms with van der Waals surface area (Å²) in [5.41, 5.74) is 9.23.